The third-order valence-electron chi connectivity index (χ3n) is 4.56. The van der Waals surface area contributed by atoms with E-state index in [9.17, 15) is 9.59 Å². The Hall–Kier alpha value is -2.04. The van der Waals surface area contributed by atoms with Gasteiger partial charge in [-0.15, -0.1) is 0 Å². The van der Waals surface area contributed by atoms with Crippen LogP contribution in [0.15, 0.2) is 48.6 Å². The van der Waals surface area contributed by atoms with Crippen molar-refractivity contribution >= 4 is 11.6 Å². The summed E-state index contributed by atoms with van der Waals surface area (Å²) in [5.74, 6) is 0.212. The maximum absolute atomic E-state index is 12.1. The summed E-state index contributed by atoms with van der Waals surface area (Å²) in [6.07, 6.45) is 7.48. The van der Waals surface area contributed by atoms with Crippen molar-refractivity contribution in [3.8, 4) is 0 Å². The highest BCUT2D eigenvalue weighted by molar-refractivity contribution is 5.96. The molecule has 1 fully saturated rings. The van der Waals surface area contributed by atoms with E-state index in [1.807, 2.05) is 24.3 Å². The van der Waals surface area contributed by atoms with E-state index >= 15 is 0 Å². The van der Waals surface area contributed by atoms with Crippen molar-refractivity contribution in [2.75, 3.05) is 19.6 Å². The highest BCUT2D eigenvalue weighted by Gasteiger charge is 2.21. The molecular formula is C21H28N2O2. The summed E-state index contributed by atoms with van der Waals surface area (Å²) in [5, 5.41) is 0. The van der Waals surface area contributed by atoms with Crippen molar-refractivity contribution in [2.45, 2.75) is 38.6 Å². The van der Waals surface area contributed by atoms with Crippen LogP contribution in [0.3, 0.4) is 0 Å². The molecular weight excluding hydrogens is 312 g/mol. The van der Waals surface area contributed by atoms with Gasteiger partial charge in [0.2, 0.25) is 0 Å². The number of ketones is 2. The lowest BCUT2D eigenvalue weighted by molar-refractivity contribution is -0.116. The fraction of sp³-hybridized carbons (Fsp3) is 0.429. The van der Waals surface area contributed by atoms with Gasteiger partial charge in [-0.2, -0.15) is 0 Å². The minimum atomic E-state index is 0.0844. The number of hydrogen-bond acceptors (Lipinski definition) is 4. The maximum atomic E-state index is 12.1. The van der Waals surface area contributed by atoms with E-state index in [2.05, 4.69) is 23.6 Å². The number of allylic oxidation sites excluding steroid dienone is 2. The van der Waals surface area contributed by atoms with Crippen molar-refractivity contribution in [2.24, 2.45) is 5.73 Å². The molecule has 0 spiro atoms. The summed E-state index contributed by atoms with van der Waals surface area (Å²) in [4.78, 5) is 25.5. The molecule has 0 aliphatic carbocycles. The zero-order chi connectivity index (χ0) is 18.2. The average molecular weight is 340 g/mol. The minimum absolute atomic E-state index is 0.0844. The monoisotopic (exact) mass is 340 g/mol. The summed E-state index contributed by atoms with van der Waals surface area (Å²) in [5.41, 5.74) is 8.46. The van der Waals surface area contributed by atoms with Crippen LogP contribution < -0.4 is 5.73 Å². The van der Waals surface area contributed by atoms with Crippen molar-refractivity contribution in [3.05, 3.63) is 59.7 Å². The molecule has 134 valence electrons. The number of likely N-dealkylation sites (tertiary alicyclic amines) is 1. The van der Waals surface area contributed by atoms with Crippen LogP contribution in [-0.4, -0.2) is 42.1 Å². The Bertz CT molecular complexity index is 646. The fourth-order valence-corrected chi connectivity index (χ4v) is 2.93. The van der Waals surface area contributed by atoms with Crippen molar-refractivity contribution in [1.29, 1.82) is 0 Å². The lowest BCUT2D eigenvalue weighted by atomic mass is 10.0. The molecule has 0 radical (unpaired) electrons. The number of carbonyl (C=O) groups excluding carboxylic acids is 2. The molecule has 1 aromatic carbocycles. The highest BCUT2D eigenvalue weighted by Crippen LogP contribution is 2.11. The summed E-state index contributed by atoms with van der Waals surface area (Å²) >= 11 is 0. The quantitative estimate of drug-likeness (QED) is 0.426. The molecule has 0 amide bonds. The number of benzene rings is 1. The van der Waals surface area contributed by atoms with E-state index in [1.165, 1.54) is 5.56 Å². The molecule has 0 saturated carbocycles. The number of carbonyl (C=O) groups is 2. The molecule has 4 heteroatoms. The fourth-order valence-electron chi connectivity index (χ4n) is 2.93. The molecule has 0 unspecified atom stereocenters. The first-order valence-corrected chi connectivity index (χ1v) is 8.89. The first kappa shape index (κ1) is 19.3. The largest absolute Gasteiger partial charge is 0.326 e. The van der Waals surface area contributed by atoms with Crippen LogP contribution in [0.2, 0.25) is 0 Å². The number of hydrogen-bond donors (Lipinski definition) is 1. The van der Waals surface area contributed by atoms with Gasteiger partial charge in [-0.25, -0.2) is 0 Å². The maximum Gasteiger partial charge on any atom is 0.172 e. The molecule has 0 aromatic heterocycles. The van der Waals surface area contributed by atoms with Gasteiger partial charge in [0, 0.05) is 24.7 Å². The number of Topliss-reactive ketones (excluding diaryl/α,β-unsaturated/α-hetero) is 2. The third-order valence-corrected chi connectivity index (χ3v) is 4.56. The summed E-state index contributed by atoms with van der Waals surface area (Å²) < 4.78 is 0. The second-order valence-electron chi connectivity index (χ2n) is 6.78. The van der Waals surface area contributed by atoms with Gasteiger partial charge in [0.15, 0.2) is 11.6 Å². The van der Waals surface area contributed by atoms with E-state index in [0.717, 1.165) is 37.9 Å². The van der Waals surface area contributed by atoms with Crippen LogP contribution in [0.25, 0.3) is 0 Å². The Balaban J connectivity index is 1.67. The zero-order valence-electron chi connectivity index (χ0n) is 15.0. The Kier molecular flexibility index (Phi) is 7.29. The predicted octanol–water partition coefficient (Wildman–Crippen LogP) is 2.93. The van der Waals surface area contributed by atoms with Gasteiger partial charge < -0.3 is 5.73 Å². The van der Waals surface area contributed by atoms with Crippen LogP contribution in [0.4, 0.5) is 0 Å². The lowest BCUT2D eigenvalue weighted by Gasteiger charge is -2.14. The molecule has 1 aromatic rings. The van der Waals surface area contributed by atoms with Crippen LogP contribution >= 0.6 is 0 Å². The van der Waals surface area contributed by atoms with E-state index in [0.29, 0.717) is 18.5 Å². The molecule has 2 N–H and O–H groups in total. The van der Waals surface area contributed by atoms with E-state index in [-0.39, 0.29) is 17.6 Å². The molecule has 1 saturated heterocycles. The number of nitrogens with zero attached hydrogens (tertiary/aromatic N) is 1. The van der Waals surface area contributed by atoms with Gasteiger partial charge in [0.05, 0.1) is 6.54 Å². The molecule has 0 bridgehead atoms. The first-order valence-electron chi connectivity index (χ1n) is 8.89. The standard InChI is InChI=1S/C21H28N2O2/c1-16(21(25)15-23-13-12-20(22)14-23)6-4-3-5-7-18-8-10-19(11-9-18)17(2)24/h3,5,8-11,20H,1,4,6-7,12-15,22H2,2H3/b5-3+/t20-/m1/s1. The molecule has 4 nitrogen and oxygen atoms in total. The smallest absolute Gasteiger partial charge is 0.172 e. The SMILES string of the molecule is C=C(CC/C=C/Cc1ccc(C(C)=O)cc1)C(=O)CN1CC[C@@H](N)C1. The second kappa shape index (κ2) is 9.44. The highest BCUT2D eigenvalue weighted by atomic mass is 16.1. The molecule has 1 aliphatic rings. The van der Waals surface area contributed by atoms with Crippen LogP contribution in [0.5, 0.6) is 0 Å². The zero-order valence-corrected chi connectivity index (χ0v) is 15.0. The molecule has 1 atom stereocenters. The summed E-state index contributed by atoms with van der Waals surface area (Å²) in [6.45, 7) is 7.65. The van der Waals surface area contributed by atoms with Crippen LogP contribution in [0.1, 0.15) is 42.1 Å². The van der Waals surface area contributed by atoms with Crippen LogP contribution in [-0.2, 0) is 11.2 Å². The van der Waals surface area contributed by atoms with Gasteiger partial charge in [0.25, 0.3) is 0 Å². The number of nitrogens with two attached hydrogens (primary N) is 1. The Morgan fingerprint density at radius 3 is 2.60 bits per heavy atom. The predicted molar refractivity (Wildman–Crippen MR) is 102 cm³/mol. The van der Waals surface area contributed by atoms with Crippen molar-refractivity contribution < 1.29 is 9.59 Å². The molecule has 1 heterocycles. The third kappa shape index (κ3) is 6.40. The van der Waals surface area contributed by atoms with Gasteiger partial charge in [-0.1, -0.05) is 43.0 Å². The van der Waals surface area contributed by atoms with Crippen molar-refractivity contribution in [1.82, 2.24) is 4.90 Å². The molecule has 1 aliphatic heterocycles. The first-order chi connectivity index (χ1) is 12.0. The van der Waals surface area contributed by atoms with Gasteiger partial charge in [0.1, 0.15) is 0 Å². The lowest BCUT2D eigenvalue weighted by Crippen LogP contribution is -2.31. The van der Waals surface area contributed by atoms with Gasteiger partial charge in [-0.3, -0.25) is 14.5 Å². The normalized spacial score (nSPS) is 17.9. The van der Waals surface area contributed by atoms with Gasteiger partial charge >= 0.3 is 0 Å². The second-order valence-corrected chi connectivity index (χ2v) is 6.78. The van der Waals surface area contributed by atoms with Gasteiger partial charge in [-0.05, 0) is 43.7 Å². The van der Waals surface area contributed by atoms with Crippen LogP contribution in [0, 0.1) is 0 Å². The topological polar surface area (TPSA) is 63.4 Å². The summed E-state index contributed by atoms with van der Waals surface area (Å²) in [6, 6.07) is 7.87. The van der Waals surface area contributed by atoms with Crippen molar-refractivity contribution in [3.63, 3.8) is 0 Å². The van der Waals surface area contributed by atoms with E-state index in [1.54, 1.807) is 6.92 Å². The Labute approximate surface area is 150 Å². The Morgan fingerprint density at radius 2 is 2.00 bits per heavy atom. The molecule has 2 rings (SSSR count). The number of rotatable bonds is 9. The molecule has 25 heavy (non-hydrogen) atoms. The van der Waals surface area contributed by atoms with E-state index < -0.39 is 0 Å². The van der Waals surface area contributed by atoms with E-state index in [4.69, 9.17) is 5.73 Å². The minimum Gasteiger partial charge on any atom is -0.326 e. The Morgan fingerprint density at radius 1 is 1.28 bits per heavy atom. The average Bonchev–Trinajstić information content (AvgIpc) is 2.99. The summed E-state index contributed by atoms with van der Waals surface area (Å²) in [7, 11) is 0.